The van der Waals surface area contributed by atoms with Gasteiger partial charge in [-0.05, 0) is 30.7 Å². The zero-order valence-corrected chi connectivity index (χ0v) is 10.3. The van der Waals surface area contributed by atoms with Crippen molar-refractivity contribution in [2.45, 2.75) is 25.3 Å². The van der Waals surface area contributed by atoms with E-state index in [0.717, 1.165) is 0 Å². The van der Waals surface area contributed by atoms with Gasteiger partial charge in [-0.15, -0.1) is 0 Å². The third-order valence-corrected chi connectivity index (χ3v) is 2.46. The van der Waals surface area contributed by atoms with Crippen LogP contribution in [0.15, 0.2) is 18.2 Å². The summed E-state index contributed by atoms with van der Waals surface area (Å²) in [6.45, 7) is 1.29. The first kappa shape index (κ1) is 16.4. The smallest absolute Gasteiger partial charge is 0.416 e. The summed E-state index contributed by atoms with van der Waals surface area (Å²) in [6, 6.07) is 1.40. The highest BCUT2D eigenvalue weighted by Crippen LogP contribution is 2.36. The lowest BCUT2D eigenvalue weighted by Gasteiger charge is -2.20. The number of aliphatic hydroxyl groups excluding tert-OH is 2. The van der Waals surface area contributed by atoms with Crippen LogP contribution in [0.5, 0.6) is 0 Å². The van der Waals surface area contributed by atoms with Crippen molar-refractivity contribution in [3.63, 3.8) is 0 Å². The molecule has 0 aliphatic heterocycles. The van der Waals surface area contributed by atoms with Gasteiger partial charge < -0.3 is 14.9 Å². The predicted octanol–water partition coefficient (Wildman–Crippen LogP) is 1.80. The van der Waals surface area contributed by atoms with Gasteiger partial charge in [0.15, 0.2) is 6.10 Å². The number of rotatable bonds is 4. The first-order valence-electron chi connectivity index (χ1n) is 5.58. The summed E-state index contributed by atoms with van der Waals surface area (Å²) in [7, 11) is 0. The van der Waals surface area contributed by atoms with Crippen molar-refractivity contribution in [3.05, 3.63) is 35.1 Å². The summed E-state index contributed by atoms with van der Waals surface area (Å²) >= 11 is 0. The van der Waals surface area contributed by atoms with Gasteiger partial charge in [0.25, 0.3) is 0 Å². The number of esters is 1. The monoisotopic (exact) mass is 296 g/mol. The molecule has 2 N–H and O–H groups in total. The molecule has 0 aliphatic carbocycles. The average Bonchev–Trinajstić information content (AvgIpc) is 2.35. The summed E-state index contributed by atoms with van der Waals surface area (Å²) in [5, 5.41) is 19.1. The van der Waals surface area contributed by atoms with Gasteiger partial charge in [-0.1, -0.05) is 0 Å². The van der Waals surface area contributed by atoms with Crippen LogP contribution in [0.1, 0.15) is 24.2 Å². The molecule has 0 saturated heterocycles. The van der Waals surface area contributed by atoms with Crippen LogP contribution in [0, 0.1) is 5.82 Å². The highest BCUT2D eigenvalue weighted by atomic mass is 19.4. The van der Waals surface area contributed by atoms with Gasteiger partial charge in [0, 0.05) is 0 Å². The minimum absolute atomic E-state index is 0.127. The Bertz CT molecular complexity index is 487. The number of alkyl halides is 3. The summed E-state index contributed by atoms with van der Waals surface area (Å²) < 4.78 is 55.6. The molecule has 1 aromatic carbocycles. The van der Waals surface area contributed by atoms with Gasteiger partial charge in [0.05, 0.1) is 12.2 Å². The molecule has 0 spiro atoms. The molecule has 0 aromatic heterocycles. The van der Waals surface area contributed by atoms with Crippen molar-refractivity contribution < 1.29 is 37.3 Å². The standard InChI is InChI=1S/C12H12F4O4/c1-2-20-11(19)10(18)9(17)7-5-6(13)3-4-8(7)12(14,15)16/h3-5,9-10,17-18H,2H2,1H3. The van der Waals surface area contributed by atoms with Crippen LogP contribution in [-0.2, 0) is 15.7 Å². The number of hydrogen-bond acceptors (Lipinski definition) is 4. The highest BCUT2D eigenvalue weighted by molar-refractivity contribution is 5.75. The maximum absolute atomic E-state index is 13.0. The molecule has 20 heavy (non-hydrogen) atoms. The molecule has 0 amide bonds. The zero-order valence-electron chi connectivity index (χ0n) is 10.3. The van der Waals surface area contributed by atoms with E-state index in [1.165, 1.54) is 6.92 Å². The number of halogens is 4. The van der Waals surface area contributed by atoms with Crippen molar-refractivity contribution >= 4 is 5.97 Å². The molecule has 112 valence electrons. The summed E-state index contributed by atoms with van der Waals surface area (Å²) in [5.41, 5.74) is -2.27. The third-order valence-electron chi connectivity index (χ3n) is 2.46. The summed E-state index contributed by atoms with van der Waals surface area (Å²) in [4.78, 5) is 11.2. The van der Waals surface area contributed by atoms with Crippen molar-refractivity contribution in [3.8, 4) is 0 Å². The van der Waals surface area contributed by atoms with Crippen molar-refractivity contribution in [2.24, 2.45) is 0 Å². The van der Waals surface area contributed by atoms with Crippen LogP contribution >= 0.6 is 0 Å². The van der Waals surface area contributed by atoms with E-state index < -0.39 is 41.3 Å². The molecule has 0 bridgehead atoms. The predicted molar refractivity (Wildman–Crippen MR) is 59.0 cm³/mol. The Morgan fingerprint density at radius 3 is 2.45 bits per heavy atom. The zero-order chi connectivity index (χ0) is 15.5. The van der Waals surface area contributed by atoms with E-state index in [0.29, 0.717) is 18.2 Å². The minimum Gasteiger partial charge on any atom is -0.464 e. The second-order valence-corrected chi connectivity index (χ2v) is 3.87. The van der Waals surface area contributed by atoms with Gasteiger partial charge in [-0.3, -0.25) is 0 Å². The topological polar surface area (TPSA) is 66.8 Å². The van der Waals surface area contributed by atoms with Gasteiger partial charge >= 0.3 is 12.1 Å². The Kier molecular flexibility index (Phi) is 5.07. The Balaban J connectivity index is 3.17. The number of hydrogen-bond donors (Lipinski definition) is 2. The molecule has 4 nitrogen and oxygen atoms in total. The van der Waals surface area contributed by atoms with Crippen LogP contribution in [0.3, 0.4) is 0 Å². The van der Waals surface area contributed by atoms with Crippen LogP contribution in [0.2, 0.25) is 0 Å². The third kappa shape index (κ3) is 3.67. The molecule has 1 rings (SSSR count). The van der Waals surface area contributed by atoms with Crippen molar-refractivity contribution in [1.82, 2.24) is 0 Å². The molecule has 0 radical (unpaired) electrons. The fourth-order valence-electron chi connectivity index (χ4n) is 1.56. The molecule has 2 unspecified atom stereocenters. The molecule has 0 saturated carbocycles. The Labute approximate surface area is 111 Å². The highest BCUT2D eigenvalue weighted by Gasteiger charge is 2.38. The van der Waals surface area contributed by atoms with E-state index in [1.54, 1.807) is 0 Å². The van der Waals surface area contributed by atoms with Crippen molar-refractivity contribution in [1.29, 1.82) is 0 Å². The first-order chi connectivity index (χ1) is 9.18. The van der Waals surface area contributed by atoms with Gasteiger partial charge in [0.1, 0.15) is 11.9 Å². The van der Waals surface area contributed by atoms with Gasteiger partial charge in [-0.2, -0.15) is 13.2 Å². The maximum Gasteiger partial charge on any atom is 0.416 e. The van der Waals surface area contributed by atoms with Crippen LogP contribution < -0.4 is 0 Å². The molecule has 2 atom stereocenters. The molecule has 1 aromatic rings. The van der Waals surface area contributed by atoms with Crippen LogP contribution in [-0.4, -0.2) is 28.9 Å². The largest absolute Gasteiger partial charge is 0.464 e. The number of carbonyl (C=O) groups is 1. The molecule has 0 fully saturated rings. The van der Waals surface area contributed by atoms with E-state index in [9.17, 15) is 32.6 Å². The molecular formula is C12H12F4O4. The van der Waals surface area contributed by atoms with E-state index in [4.69, 9.17) is 0 Å². The lowest BCUT2D eigenvalue weighted by Crippen LogP contribution is -2.31. The van der Waals surface area contributed by atoms with Crippen molar-refractivity contribution in [2.75, 3.05) is 6.61 Å². The number of ether oxygens (including phenoxy) is 1. The summed E-state index contributed by atoms with van der Waals surface area (Å²) in [6.07, 6.45) is -9.35. The SMILES string of the molecule is CCOC(=O)C(O)C(O)c1cc(F)ccc1C(F)(F)F. The summed E-state index contributed by atoms with van der Waals surface area (Å²) in [5.74, 6) is -2.33. The van der Waals surface area contributed by atoms with Gasteiger partial charge in [0.2, 0.25) is 0 Å². The van der Waals surface area contributed by atoms with E-state index in [1.807, 2.05) is 0 Å². The lowest BCUT2D eigenvalue weighted by atomic mass is 9.98. The van der Waals surface area contributed by atoms with Gasteiger partial charge in [-0.25, -0.2) is 9.18 Å². The average molecular weight is 296 g/mol. The number of aliphatic hydroxyl groups is 2. The van der Waals surface area contributed by atoms with Crippen LogP contribution in [0.4, 0.5) is 17.6 Å². The minimum atomic E-state index is -4.86. The lowest BCUT2D eigenvalue weighted by molar-refractivity contribution is -0.161. The maximum atomic E-state index is 13.0. The normalized spacial score (nSPS) is 14.8. The van der Waals surface area contributed by atoms with E-state index in [-0.39, 0.29) is 6.61 Å². The molecule has 8 heteroatoms. The van der Waals surface area contributed by atoms with E-state index >= 15 is 0 Å². The Hall–Kier alpha value is -1.67. The first-order valence-corrected chi connectivity index (χ1v) is 5.58. The molecule has 0 heterocycles. The quantitative estimate of drug-likeness (QED) is 0.657. The fraction of sp³-hybridized carbons (Fsp3) is 0.417. The number of benzene rings is 1. The van der Waals surface area contributed by atoms with Crippen LogP contribution in [0.25, 0.3) is 0 Å². The second-order valence-electron chi connectivity index (χ2n) is 3.87. The second kappa shape index (κ2) is 6.19. The van der Waals surface area contributed by atoms with E-state index in [2.05, 4.69) is 4.74 Å². The fourth-order valence-corrected chi connectivity index (χ4v) is 1.56. The Morgan fingerprint density at radius 2 is 1.95 bits per heavy atom. The Morgan fingerprint density at radius 1 is 1.35 bits per heavy atom. The molecular weight excluding hydrogens is 284 g/mol. The molecule has 0 aliphatic rings. The number of carbonyl (C=O) groups excluding carboxylic acids is 1.